The third kappa shape index (κ3) is 4.33. The van der Waals surface area contributed by atoms with E-state index >= 15 is 0 Å². The molecule has 24 heavy (non-hydrogen) atoms. The van der Waals surface area contributed by atoms with Crippen molar-refractivity contribution < 1.29 is 9.21 Å². The number of aromatic nitrogens is 2. The largest absolute Gasteiger partial charge is 0.468 e. The summed E-state index contributed by atoms with van der Waals surface area (Å²) >= 11 is 1.42. The lowest BCUT2D eigenvalue weighted by Gasteiger charge is -2.25. The average molecular weight is 349 g/mol. The van der Waals surface area contributed by atoms with Crippen molar-refractivity contribution in [1.82, 2.24) is 20.4 Å². The molecule has 0 unspecified atom stereocenters. The summed E-state index contributed by atoms with van der Waals surface area (Å²) in [6.45, 7) is 4.66. The fraction of sp³-hybridized carbons (Fsp3) is 0.562. The van der Waals surface area contributed by atoms with Gasteiger partial charge in [0.05, 0.1) is 12.3 Å². The summed E-state index contributed by atoms with van der Waals surface area (Å²) in [6.07, 6.45) is 5.95. The lowest BCUT2D eigenvalue weighted by Crippen LogP contribution is -2.38. The normalized spacial score (nSPS) is 16.2. The van der Waals surface area contributed by atoms with Crippen LogP contribution in [0.4, 0.5) is 9.93 Å². The third-order valence-electron chi connectivity index (χ3n) is 4.06. The summed E-state index contributed by atoms with van der Waals surface area (Å²) in [5.41, 5.74) is 0. The van der Waals surface area contributed by atoms with Crippen LogP contribution in [0.5, 0.6) is 0 Å². The van der Waals surface area contributed by atoms with E-state index in [4.69, 9.17) is 4.42 Å². The lowest BCUT2D eigenvalue weighted by atomic mass is 10.2. The lowest BCUT2D eigenvalue weighted by molar-refractivity contribution is 0.207. The number of amides is 2. The Kier molecular flexibility index (Phi) is 5.81. The Bertz CT molecular complexity index is 637. The van der Waals surface area contributed by atoms with Crippen LogP contribution in [0, 0.1) is 0 Å². The molecule has 1 fully saturated rings. The van der Waals surface area contributed by atoms with Crippen LogP contribution < -0.4 is 10.6 Å². The zero-order valence-corrected chi connectivity index (χ0v) is 14.6. The second-order valence-corrected chi connectivity index (χ2v) is 6.92. The van der Waals surface area contributed by atoms with Gasteiger partial charge in [0.1, 0.15) is 10.8 Å². The number of carbonyl (C=O) groups is 1. The Hall–Kier alpha value is -1.93. The van der Waals surface area contributed by atoms with Gasteiger partial charge in [0.2, 0.25) is 5.13 Å². The molecule has 130 valence electrons. The van der Waals surface area contributed by atoms with Crippen molar-refractivity contribution in [1.29, 1.82) is 0 Å². The molecule has 7 nitrogen and oxygen atoms in total. The quantitative estimate of drug-likeness (QED) is 0.803. The van der Waals surface area contributed by atoms with Crippen molar-refractivity contribution in [3.8, 4) is 0 Å². The monoisotopic (exact) mass is 349 g/mol. The first-order valence-corrected chi connectivity index (χ1v) is 9.22. The van der Waals surface area contributed by atoms with E-state index in [1.807, 2.05) is 12.1 Å². The highest BCUT2D eigenvalue weighted by molar-refractivity contribution is 7.15. The molecule has 2 amide bonds. The van der Waals surface area contributed by atoms with E-state index in [2.05, 4.69) is 32.7 Å². The number of aryl methyl sites for hydroxylation is 1. The maximum absolute atomic E-state index is 12.1. The minimum atomic E-state index is -0.259. The molecule has 1 saturated heterocycles. The molecule has 0 saturated carbocycles. The highest BCUT2D eigenvalue weighted by Gasteiger charge is 2.26. The molecule has 1 aliphatic heterocycles. The van der Waals surface area contributed by atoms with Gasteiger partial charge in [0, 0.05) is 13.0 Å². The van der Waals surface area contributed by atoms with Crippen molar-refractivity contribution in [2.45, 2.75) is 38.6 Å². The van der Waals surface area contributed by atoms with Gasteiger partial charge in [-0.25, -0.2) is 4.79 Å². The molecule has 0 radical (unpaired) electrons. The first kappa shape index (κ1) is 16.9. The van der Waals surface area contributed by atoms with Gasteiger partial charge in [-0.15, -0.1) is 10.2 Å². The van der Waals surface area contributed by atoms with Crippen LogP contribution in [0.15, 0.2) is 22.8 Å². The predicted molar refractivity (Wildman–Crippen MR) is 93.2 cm³/mol. The average Bonchev–Trinajstić information content (AvgIpc) is 3.30. The molecular weight excluding hydrogens is 326 g/mol. The van der Waals surface area contributed by atoms with Crippen LogP contribution in [0.1, 0.15) is 43.0 Å². The Balaban J connectivity index is 1.54. The molecule has 3 heterocycles. The molecule has 0 bridgehead atoms. The number of anilines is 1. The Morgan fingerprint density at radius 3 is 2.96 bits per heavy atom. The summed E-state index contributed by atoms with van der Waals surface area (Å²) in [6, 6.07) is 3.66. The number of urea groups is 1. The first-order chi connectivity index (χ1) is 11.8. The zero-order chi connectivity index (χ0) is 16.8. The highest BCUT2D eigenvalue weighted by Crippen LogP contribution is 2.25. The minimum absolute atomic E-state index is 0.0679. The van der Waals surface area contributed by atoms with Crippen LogP contribution >= 0.6 is 11.3 Å². The van der Waals surface area contributed by atoms with E-state index in [-0.39, 0.29) is 12.1 Å². The van der Waals surface area contributed by atoms with E-state index in [1.54, 1.807) is 6.26 Å². The van der Waals surface area contributed by atoms with E-state index in [0.29, 0.717) is 11.7 Å². The predicted octanol–water partition coefficient (Wildman–Crippen LogP) is 3.04. The van der Waals surface area contributed by atoms with Gasteiger partial charge in [-0.1, -0.05) is 18.3 Å². The molecule has 0 spiro atoms. The maximum atomic E-state index is 12.1. The summed E-state index contributed by atoms with van der Waals surface area (Å²) in [7, 11) is 0. The first-order valence-electron chi connectivity index (χ1n) is 8.41. The molecule has 0 aromatic carbocycles. The fourth-order valence-electron chi connectivity index (χ4n) is 2.89. The number of hydrogen-bond acceptors (Lipinski definition) is 6. The summed E-state index contributed by atoms with van der Waals surface area (Å²) in [5, 5.41) is 15.2. The van der Waals surface area contributed by atoms with Crippen molar-refractivity contribution in [2.24, 2.45) is 0 Å². The van der Waals surface area contributed by atoms with Crippen molar-refractivity contribution in [3.63, 3.8) is 0 Å². The SMILES string of the molecule is CCCc1nnc(NC(=O)NC[C@@H](c2ccco2)N2CCCC2)s1. The van der Waals surface area contributed by atoms with Crippen molar-refractivity contribution in [2.75, 3.05) is 25.0 Å². The highest BCUT2D eigenvalue weighted by atomic mass is 32.1. The van der Waals surface area contributed by atoms with Crippen molar-refractivity contribution >= 4 is 22.5 Å². The number of nitrogens with one attached hydrogen (secondary N) is 2. The Morgan fingerprint density at radius 1 is 1.42 bits per heavy atom. The Labute approximate surface area is 145 Å². The van der Waals surface area contributed by atoms with Gasteiger partial charge in [-0.05, 0) is 44.5 Å². The molecular formula is C16H23N5O2S. The van der Waals surface area contributed by atoms with E-state index in [1.165, 1.54) is 24.2 Å². The second kappa shape index (κ2) is 8.25. The summed E-state index contributed by atoms with van der Waals surface area (Å²) in [5.74, 6) is 0.887. The van der Waals surface area contributed by atoms with Crippen LogP contribution in [0.25, 0.3) is 0 Å². The molecule has 1 atom stereocenters. The number of carbonyl (C=O) groups excluding carboxylic acids is 1. The molecule has 2 aromatic heterocycles. The standard InChI is InChI=1S/C16H23N5O2S/c1-2-6-14-19-20-16(24-14)18-15(22)17-11-12(13-7-5-10-23-13)21-8-3-4-9-21/h5,7,10,12H,2-4,6,8-9,11H2,1H3,(H2,17,18,20,22)/t12-/m0/s1. The summed E-state index contributed by atoms with van der Waals surface area (Å²) in [4.78, 5) is 14.5. The van der Waals surface area contributed by atoms with E-state index < -0.39 is 0 Å². The molecule has 1 aliphatic rings. The molecule has 2 aromatic rings. The second-order valence-electron chi connectivity index (χ2n) is 5.86. The molecule has 8 heteroatoms. The Morgan fingerprint density at radius 2 is 2.25 bits per heavy atom. The van der Waals surface area contributed by atoms with E-state index in [0.717, 1.165) is 36.7 Å². The number of rotatable bonds is 7. The number of hydrogen-bond donors (Lipinski definition) is 2. The fourth-order valence-corrected chi connectivity index (χ4v) is 3.73. The molecule has 3 rings (SSSR count). The van der Waals surface area contributed by atoms with Crippen LogP contribution in [0.2, 0.25) is 0 Å². The minimum Gasteiger partial charge on any atom is -0.468 e. The van der Waals surface area contributed by atoms with Crippen LogP contribution in [-0.2, 0) is 6.42 Å². The van der Waals surface area contributed by atoms with Crippen molar-refractivity contribution in [3.05, 3.63) is 29.2 Å². The van der Waals surface area contributed by atoms with Gasteiger partial charge in [-0.2, -0.15) is 0 Å². The van der Waals surface area contributed by atoms with E-state index in [9.17, 15) is 4.79 Å². The van der Waals surface area contributed by atoms with Gasteiger partial charge in [0.25, 0.3) is 0 Å². The topological polar surface area (TPSA) is 83.3 Å². The van der Waals surface area contributed by atoms with Gasteiger partial charge in [0.15, 0.2) is 0 Å². The molecule has 2 N–H and O–H groups in total. The van der Waals surface area contributed by atoms with Gasteiger partial charge in [-0.3, -0.25) is 10.2 Å². The van der Waals surface area contributed by atoms with Gasteiger partial charge >= 0.3 is 6.03 Å². The number of furan rings is 1. The van der Waals surface area contributed by atoms with Crippen LogP contribution in [0.3, 0.4) is 0 Å². The third-order valence-corrected chi connectivity index (χ3v) is 4.96. The smallest absolute Gasteiger partial charge is 0.321 e. The van der Waals surface area contributed by atoms with Crippen LogP contribution in [-0.4, -0.2) is 40.8 Å². The summed E-state index contributed by atoms with van der Waals surface area (Å²) < 4.78 is 5.56. The number of likely N-dealkylation sites (tertiary alicyclic amines) is 1. The maximum Gasteiger partial charge on any atom is 0.321 e. The zero-order valence-electron chi connectivity index (χ0n) is 13.8. The number of nitrogens with zero attached hydrogens (tertiary/aromatic N) is 3. The molecule has 0 aliphatic carbocycles. The van der Waals surface area contributed by atoms with Gasteiger partial charge < -0.3 is 9.73 Å².